The van der Waals surface area contributed by atoms with Crippen LogP contribution in [-0.2, 0) is 6.54 Å². The van der Waals surface area contributed by atoms with E-state index in [4.69, 9.17) is 0 Å². The zero-order valence-corrected chi connectivity index (χ0v) is 18.9. The number of thiophene rings is 1. The summed E-state index contributed by atoms with van der Waals surface area (Å²) in [6, 6.07) is 18.9. The van der Waals surface area contributed by atoms with Gasteiger partial charge in [-0.25, -0.2) is 0 Å². The van der Waals surface area contributed by atoms with Gasteiger partial charge >= 0.3 is 0 Å². The third-order valence-corrected chi connectivity index (χ3v) is 7.91. The fourth-order valence-electron chi connectivity index (χ4n) is 5.52. The summed E-state index contributed by atoms with van der Waals surface area (Å²) in [4.78, 5) is 2.64. The molecular formula is C28H27NS. The first-order valence-corrected chi connectivity index (χ1v) is 11.8. The van der Waals surface area contributed by atoms with Crippen LogP contribution in [-0.4, -0.2) is 0 Å². The standard InChI is InChI=1S/C28H27NS/c1-16(2)9-19-12-25-22-11-17(3)10-18(4)24(22)15-29(25)26-14-28-23(13-21(19)26)20-7-5-6-8-27(20)30-28/h5-8,10-14,16,25H,9,15H2,1-4H3. The van der Waals surface area contributed by atoms with E-state index < -0.39 is 0 Å². The van der Waals surface area contributed by atoms with Gasteiger partial charge in [-0.3, -0.25) is 0 Å². The minimum absolute atomic E-state index is 0.367. The van der Waals surface area contributed by atoms with Crippen LogP contribution in [0.4, 0.5) is 5.69 Å². The molecule has 3 heterocycles. The predicted molar refractivity (Wildman–Crippen MR) is 132 cm³/mol. The molecule has 150 valence electrons. The highest BCUT2D eigenvalue weighted by atomic mass is 32.1. The van der Waals surface area contributed by atoms with Crippen LogP contribution in [0.25, 0.3) is 25.7 Å². The first-order chi connectivity index (χ1) is 14.5. The molecule has 0 radical (unpaired) electrons. The van der Waals surface area contributed by atoms with Crippen molar-refractivity contribution in [3.8, 4) is 0 Å². The number of nitrogens with zero attached hydrogens (tertiary/aromatic N) is 1. The molecule has 1 unspecified atom stereocenters. The lowest BCUT2D eigenvalue weighted by Crippen LogP contribution is -2.24. The highest BCUT2D eigenvalue weighted by molar-refractivity contribution is 7.25. The molecule has 0 bridgehead atoms. The number of rotatable bonds is 2. The van der Waals surface area contributed by atoms with Crippen LogP contribution in [0, 0.1) is 19.8 Å². The van der Waals surface area contributed by atoms with E-state index in [-0.39, 0.29) is 0 Å². The van der Waals surface area contributed by atoms with Crippen molar-refractivity contribution < 1.29 is 0 Å². The van der Waals surface area contributed by atoms with Crippen LogP contribution in [0.3, 0.4) is 0 Å². The van der Waals surface area contributed by atoms with Crippen LogP contribution >= 0.6 is 11.3 Å². The van der Waals surface area contributed by atoms with Gasteiger partial charge < -0.3 is 4.90 Å². The highest BCUT2D eigenvalue weighted by Crippen LogP contribution is 2.50. The lowest BCUT2D eigenvalue weighted by atomic mass is 9.87. The molecule has 0 fully saturated rings. The summed E-state index contributed by atoms with van der Waals surface area (Å²) >= 11 is 1.93. The summed E-state index contributed by atoms with van der Waals surface area (Å²) < 4.78 is 2.79. The maximum Gasteiger partial charge on any atom is 0.0740 e. The quantitative estimate of drug-likeness (QED) is 0.323. The van der Waals surface area contributed by atoms with E-state index >= 15 is 0 Å². The molecule has 2 heteroatoms. The molecule has 6 rings (SSSR count). The molecule has 0 aliphatic carbocycles. The Morgan fingerprint density at radius 1 is 1.00 bits per heavy atom. The van der Waals surface area contributed by atoms with Crippen LogP contribution in [0.2, 0.25) is 0 Å². The van der Waals surface area contributed by atoms with E-state index in [9.17, 15) is 0 Å². The molecule has 1 aromatic heterocycles. The molecule has 0 amide bonds. The molecule has 30 heavy (non-hydrogen) atoms. The van der Waals surface area contributed by atoms with Gasteiger partial charge in [0.25, 0.3) is 0 Å². The predicted octanol–water partition coefficient (Wildman–Crippen LogP) is 8.18. The number of aryl methyl sites for hydroxylation is 2. The van der Waals surface area contributed by atoms with E-state index in [0.717, 1.165) is 13.0 Å². The Kier molecular flexibility index (Phi) is 3.92. The minimum Gasteiger partial charge on any atom is -0.356 e. The second kappa shape index (κ2) is 6.46. The van der Waals surface area contributed by atoms with Gasteiger partial charge in [-0.15, -0.1) is 11.3 Å². The summed E-state index contributed by atoms with van der Waals surface area (Å²) in [5, 5.41) is 2.80. The Bertz CT molecular complexity index is 1350. The van der Waals surface area contributed by atoms with Crippen molar-refractivity contribution in [1.82, 2.24) is 0 Å². The Hall–Kier alpha value is -2.58. The van der Waals surface area contributed by atoms with Crippen molar-refractivity contribution in [3.05, 3.63) is 82.4 Å². The minimum atomic E-state index is 0.367. The molecule has 0 spiro atoms. The molecule has 0 saturated carbocycles. The Labute approximate surface area is 182 Å². The summed E-state index contributed by atoms with van der Waals surface area (Å²) in [7, 11) is 0. The summed E-state index contributed by atoms with van der Waals surface area (Å²) in [6.07, 6.45) is 3.69. The fourth-order valence-corrected chi connectivity index (χ4v) is 6.64. The van der Waals surface area contributed by atoms with Gasteiger partial charge in [-0.05, 0) is 66.6 Å². The van der Waals surface area contributed by atoms with E-state index in [2.05, 4.69) is 87.2 Å². The van der Waals surface area contributed by atoms with Crippen LogP contribution < -0.4 is 4.90 Å². The molecule has 0 saturated heterocycles. The van der Waals surface area contributed by atoms with E-state index in [1.54, 1.807) is 0 Å². The largest absolute Gasteiger partial charge is 0.356 e. The smallest absolute Gasteiger partial charge is 0.0740 e. The molecular weight excluding hydrogens is 382 g/mol. The summed E-state index contributed by atoms with van der Waals surface area (Å²) in [5.41, 5.74) is 10.2. The Morgan fingerprint density at radius 3 is 2.67 bits per heavy atom. The van der Waals surface area contributed by atoms with Gasteiger partial charge in [0.05, 0.1) is 6.04 Å². The number of fused-ring (bicyclic) bond motifs is 8. The van der Waals surface area contributed by atoms with Gasteiger partial charge in [0.2, 0.25) is 0 Å². The van der Waals surface area contributed by atoms with Crippen molar-refractivity contribution in [2.45, 2.75) is 46.7 Å². The number of anilines is 1. The van der Waals surface area contributed by atoms with Gasteiger partial charge in [-0.1, -0.05) is 55.8 Å². The van der Waals surface area contributed by atoms with Crippen LogP contribution in [0.5, 0.6) is 0 Å². The van der Waals surface area contributed by atoms with Gasteiger partial charge in [0.1, 0.15) is 0 Å². The first kappa shape index (κ1) is 18.2. The molecule has 2 aliphatic rings. The van der Waals surface area contributed by atoms with E-state index in [0.29, 0.717) is 12.0 Å². The van der Waals surface area contributed by atoms with Crippen LogP contribution in [0.15, 0.2) is 54.6 Å². The van der Waals surface area contributed by atoms with Crippen molar-refractivity contribution in [1.29, 1.82) is 0 Å². The Balaban J connectivity index is 1.61. The number of allylic oxidation sites excluding steroid dienone is 1. The van der Waals surface area contributed by atoms with E-state index in [1.807, 2.05) is 11.3 Å². The van der Waals surface area contributed by atoms with Gasteiger partial charge in [0, 0.05) is 38.0 Å². The van der Waals surface area contributed by atoms with Crippen molar-refractivity contribution in [3.63, 3.8) is 0 Å². The number of hydrogen-bond acceptors (Lipinski definition) is 2. The third kappa shape index (κ3) is 2.60. The molecule has 2 aliphatic heterocycles. The first-order valence-electron chi connectivity index (χ1n) is 11.0. The van der Waals surface area contributed by atoms with Gasteiger partial charge in [-0.2, -0.15) is 0 Å². The Morgan fingerprint density at radius 2 is 1.83 bits per heavy atom. The molecule has 1 nitrogen and oxygen atoms in total. The zero-order chi connectivity index (χ0) is 20.6. The van der Waals surface area contributed by atoms with E-state index in [1.165, 1.54) is 59.3 Å². The van der Waals surface area contributed by atoms with Crippen molar-refractivity contribution in [2.75, 3.05) is 4.90 Å². The lowest BCUT2D eigenvalue weighted by molar-refractivity contribution is 0.666. The molecule has 0 N–H and O–H groups in total. The monoisotopic (exact) mass is 409 g/mol. The average Bonchev–Trinajstić information content (AvgIpc) is 3.25. The van der Waals surface area contributed by atoms with Crippen LogP contribution in [0.1, 0.15) is 54.1 Å². The highest BCUT2D eigenvalue weighted by Gasteiger charge is 2.35. The number of hydrogen-bond donors (Lipinski definition) is 0. The maximum atomic E-state index is 2.64. The SMILES string of the molecule is Cc1cc(C)c2c(c1)C1C=C(CC(C)C)c3cc4c(cc3N1C2)sc1ccccc14. The zero-order valence-electron chi connectivity index (χ0n) is 18.1. The summed E-state index contributed by atoms with van der Waals surface area (Å²) in [6.45, 7) is 10.2. The maximum absolute atomic E-state index is 2.64. The summed E-state index contributed by atoms with van der Waals surface area (Å²) in [5.74, 6) is 0.644. The second-order valence-electron chi connectivity index (χ2n) is 9.48. The lowest BCUT2D eigenvalue weighted by Gasteiger charge is -2.34. The van der Waals surface area contributed by atoms with Crippen molar-refractivity contribution >= 4 is 42.8 Å². The molecule has 4 aromatic rings. The molecule has 3 aromatic carbocycles. The van der Waals surface area contributed by atoms with Crippen molar-refractivity contribution in [2.24, 2.45) is 5.92 Å². The topological polar surface area (TPSA) is 3.24 Å². The fraction of sp³-hybridized carbons (Fsp3) is 0.286. The second-order valence-corrected chi connectivity index (χ2v) is 10.6. The third-order valence-electron chi connectivity index (χ3n) is 6.77. The average molecular weight is 410 g/mol. The normalized spacial score (nSPS) is 17.4. The molecule has 1 atom stereocenters. The van der Waals surface area contributed by atoms with Gasteiger partial charge in [0.15, 0.2) is 0 Å². The number of benzene rings is 3.